The van der Waals surface area contributed by atoms with Gasteiger partial charge in [-0.25, -0.2) is 0 Å². The molecule has 1 heterocycles. The number of nitrogens with one attached hydrogen (secondary N) is 1. The van der Waals surface area contributed by atoms with E-state index in [1.807, 2.05) is 0 Å². The highest BCUT2D eigenvalue weighted by Gasteiger charge is 2.46. The van der Waals surface area contributed by atoms with Gasteiger partial charge in [0.05, 0.1) is 0 Å². The molecule has 3 unspecified atom stereocenters. The predicted octanol–water partition coefficient (Wildman–Crippen LogP) is 0.791. The Morgan fingerprint density at radius 2 is 2.15 bits per heavy atom. The first-order chi connectivity index (χ1) is 6.11. The summed E-state index contributed by atoms with van der Waals surface area (Å²) in [5.41, 5.74) is 2.15. The number of hydrogen-bond donors (Lipinski definition) is 2. The van der Waals surface area contributed by atoms with Crippen molar-refractivity contribution in [2.45, 2.75) is 12.5 Å². The third-order valence-electron chi connectivity index (χ3n) is 3.07. The molecule has 0 aromatic rings. The van der Waals surface area contributed by atoms with E-state index in [1.54, 1.807) is 0 Å². The zero-order valence-corrected chi connectivity index (χ0v) is 7.42. The summed E-state index contributed by atoms with van der Waals surface area (Å²) in [4.78, 5) is 10.9. The van der Waals surface area contributed by atoms with Gasteiger partial charge in [-0.3, -0.25) is 4.79 Å². The minimum Gasteiger partial charge on any atom is -0.480 e. The molecule has 3 nitrogen and oxygen atoms in total. The molecule has 1 saturated heterocycles. The maximum atomic E-state index is 10.9. The Kier molecular flexibility index (Phi) is 1.77. The molecule has 2 aliphatic rings. The highest BCUT2D eigenvalue weighted by Crippen LogP contribution is 2.43. The standard InChI is InChI=1S/C10H13NO2/c1-5-3-6(2)8-7(5)4-11-9(8)10(12)13/h7-9,11H,1-4H2,(H,12,13). The second-order valence-electron chi connectivity index (χ2n) is 3.85. The van der Waals surface area contributed by atoms with Crippen molar-refractivity contribution in [1.29, 1.82) is 0 Å². The zero-order chi connectivity index (χ0) is 9.59. The van der Waals surface area contributed by atoms with E-state index < -0.39 is 12.0 Å². The van der Waals surface area contributed by atoms with Crippen LogP contribution in [-0.4, -0.2) is 23.7 Å². The second-order valence-corrected chi connectivity index (χ2v) is 3.85. The summed E-state index contributed by atoms with van der Waals surface area (Å²) < 4.78 is 0. The van der Waals surface area contributed by atoms with Crippen molar-refractivity contribution in [3.8, 4) is 0 Å². The van der Waals surface area contributed by atoms with Crippen LogP contribution in [0.3, 0.4) is 0 Å². The fraction of sp³-hybridized carbons (Fsp3) is 0.500. The summed E-state index contributed by atoms with van der Waals surface area (Å²) in [6.07, 6.45) is 0.806. The molecular formula is C10H13NO2. The Morgan fingerprint density at radius 3 is 2.77 bits per heavy atom. The van der Waals surface area contributed by atoms with Gasteiger partial charge in [0, 0.05) is 18.4 Å². The topological polar surface area (TPSA) is 49.3 Å². The number of hydrogen-bond acceptors (Lipinski definition) is 2. The molecule has 0 spiro atoms. The molecule has 0 bridgehead atoms. The molecule has 2 N–H and O–H groups in total. The Morgan fingerprint density at radius 1 is 1.46 bits per heavy atom. The third-order valence-corrected chi connectivity index (χ3v) is 3.07. The highest BCUT2D eigenvalue weighted by atomic mass is 16.4. The molecule has 70 valence electrons. The van der Waals surface area contributed by atoms with Gasteiger partial charge in [-0.05, 0) is 6.42 Å². The molecule has 0 amide bonds. The summed E-state index contributed by atoms with van der Waals surface area (Å²) in [6.45, 7) is 8.60. The largest absolute Gasteiger partial charge is 0.480 e. The van der Waals surface area contributed by atoms with Gasteiger partial charge in [0.1, 0.15) is 6.04 Å². The zero-order valence-electron chi connectivity index (χ0n) is 7.42. The summed E-state index contributed by atoms with van der Waals surface area (Å²) in [5, 5.41) is 11.9. The van der Waals surface area contributed by atoms with Crippen LogP contribution in [0.15, 0.2) is 24.3 Å². The first kappa shape index (κ1) is 8.51. The van der Waals surface area contributed by atoms with Gasteiger partial charge in [0.2, 0.25) is 0 Å². The lowest BCUT2D eigenvalue weighted by Crippen LogP contribution is -2.35. The minimum absolute atomic E-state index is 0.0741. The fourth-order valence-corrected chi connectivity index (χ4v) is 2.44. The third kappa shape index (κ3) is 1.11. The second kappa shape index (κ2) is 2.70. The Labute approximate surface area is 77.1 Å². The Hall–Kier alpha value is -1.09. The quantitative estimate of drug-likeness (QED) is 0.585. The maximum Gasteiger partial charge on any atom is 0.321 e. The van der Waals surface area contributed by atoms with Gasteiger partial charge in [0.25, 0.3) is 0 Å². The van der Waals surface area contributed by atoms with Crippen LogP contribution in [0.25, 0.3) is 0 Å². The molecule has 1 aliphatic carbocycles. The molecule has 3 heteroatoms. The van der Waals surface area contributed by atoms with Crippen molar-refractivity contribution in [2.75, 3.05) is 6.54 Å². The van der Waals surface area contributed by atoms with Gasteiger partial charge in [-0.1, -0.05) is 24.3 Å². The minimum atomic E-state index is -0.775. The lowest BCUT2D eigenvalue weighted by molar-refractivity contribution is -0.139. The van der Waals surface area contributed by atoms with E-state index in [2.05, 4.69) is 18.5 Å². The van der Waals surface area contributed by atoms with Crippen molar-refractivity contribution in [3.63, 3.8) is 0 Å². The summed E-state index contributed by atoms with van der Waals surface area (Å²) in [6, 6.07) is -0.447. The van der Waals surface area contributed by atoms with Crippen molar-refractivity contribution < 1.29 is 9.90 Å². The highest BCUT2D eigenvalue weighted by molar-refractivity contribution is 5.75. The van der Waals surface area contributed by atoms with Crippen LogP contribution >= 0.6 is 0 Å². The molecule has 2 rings (SSSR count). The fourth-order valence-electron chi connectivity index (χ4n) is 2.44. The average Bonchev–Trinajstić information content (AvgIpc) is 2.55. The van der Waals surface area contributed by atoms with Crippen molar-refractivity contribution in [3.05, 3.63) is 24.3 Å². The summed E-state index contributed by atoms with van der Waals surface area (Å²) >= 11 is 0. The summed E-state index contributed by atoms with van der Waals surface area (Å²) in [5.74, 6) is -0.401. The van der Waals surface area contributed by atoms with E-state index in [9.17, 15) is 4.79 Å². The van der Waals surface area contributed by atoms with Crippen LogP contribution in [-0.2, 0) is 4.79 Å². The number of fused-ring (bicyclic) bond motifs is 1. The van der Waals surface area contributed by atoms with Crippen molar-refractivity contribution in [2.24, 2.45) is 11.8 Å². The van der Waals surface area contributed by atoms with Crippen molar-refractivity contribution >= 4 is 5.97 Å². The maximum absolute atomic E-state index is 10.9. The first-order valence-corrected chi connectivity index (χ1v) is 4.43. The number of carboxylic acids is 1. The number of rotatable bonds is 1. The monoisotopic (exact) mass is 179 g/mol. The molecule has 0 radical (unpaired) electrons. The molecule has 1 aliphatic heterocycles. The molecule has 0 aromatic carbocycles. The van der Waals surface area contributed by atoms with E-state index in [-0.39, 0.29) is 5.92 Å². The van der Waals surface area contributed by atoms with Crippen LogP contribution in [0.4, 0.5) is 0 Å². The Balaban J connectivity index is 2.27. The number of carboxylic acid groups (broad SMARTS) is 1. The normalized spacial score (nSPS) is 38.0. The Bertz CT molecular complexity index is 295. The lowest BCUT2D eigenvalue weighted by Gasteiger charge is -2.14. The molecule has 13 heavy (non-hydrogen) atoms. The summed E-state index contributed by atoms with van der Waals surface area (Å²) in [7, 11) is 0. The van der Waals surface area contributed by atoms with Gasteiger partial charge >= 0.3 is 5.97 Å². The number of aliphatic carboxylic acids is 1. The van der Waals surface area contributed by atoms with E-state index in [0.29, 0.717) is 5.92 Å². The van der Waals surface area contributed by atoms with Gasteiger partial charge in [-0.15, -0.1) is 0 Å². The molecular weight excluding hydrogens is 166 g/mol. The van der Waals surface area contributed by atoms with E-state index in [0.717, 1.165) is 24.1 Å². The van der Waals surface area contributed by atoms with Crippen LogP contribution < -0.4 is 5.32 Å². The van der Waals surface area contributed by atoms with E-state index in [1.165, 1.54) is 0 Å². The van der Waals surface area contributed by atoms with E-state index in [4.69, 9.17) is 5.11 Å². The van der Waals surface area contributed by atoms with Crippen LogP contribution in [0, 0.1) is 11.8 Å². The molecule has 1 saturated carbocycles. The van der Waals surface area contributed by atoms with Crippen LogP contribution in [0.2, 0.25) is 0 Å². The number of carbonyl (C=O) groups is 1. The average molecular weight is 179 g/mol. The predicted molar refractivity (Wildman–Crippen MR) is 49.3 cm³/mol. The first-order valence-electron chi connectivity index (χ1n) is 4.43. The van der Waals surface area contributed by atoms with Crippen LogP contribution in [0.1, 0.15) is 6.42 Å². The molecule has 2 fully saturated rings. The van der Waals surface area contributed by atoms with E-state index >= 15 is 0 Å². The van der Waals surface area contributed by atoms with Gasteiger partial charge in [-0.2, -0.15) is 0 Å². The van der Waals surface area contributed by atoms with Gasteiger partial charge < -0.3 is 10.4 Å². The van der Waals surface area contributed by atoms with Crippen molar-refractivity contribution in [1.82, 2.24) is 5.32 Å². The van der Waals surface area contributed by atoms with Gasteiger partial charge in [0.15, 0.2) is 0 Å². The molecule has 0 aromatic heterocycles. The lowest BCUT2D eigenvalue weighted by atomic mass is 9.91. The SMILES string of the molecule is C=C1CC(=C)C2C1CNC2C(=O)O. The van der Waals surface area contributed by atoms with Crippen LogP contribution in [0.5, 0.6) is 0 Å². The smallest absolute Gasteiger partial charge is 0.321 e. The molecule has 3 atom stereocenters.